The van der Waals surface area contributed by atoms with Crippen molar-refractivity contribution in [3.63, 3.8) is 0 Å². The molecule has 3 N–H and O–H groups in total. The van der Waals surface area contributed by atoms with Gasteiger partial charge in [-0.25, -0.2) is 9.78 Å². The van der Waals surface area contributed by atoms with Crippen molar-refractivity contribution in [2.24, 2.45) is 14.1 Å². The first kappa shape index (κ1) is 30.0. The summed E-state index contributed by atoms with van der Waals surface area (Å²) in [4.78, 5) is 42.2. The molecule has 12 heteroatoms. The van der Waals surface area contributed by atoms with Gasteiger partial charge in [-0.3, -0.25) is 14.2 Å². The lowest BCUT2D eigenvalue weighted by Crippen LogP contribution is -2.40. The quantitative estimate of drug-likeness (QED) is 0.237. The van der Waals surface area contributed by atoms with Gasteiger partial charge in [-0.2, -0.15) is 0 Å². The van der Waals surface area contributed by atoms with Crippen molar-refractivity contribution in [1.82, 2.24) is 19.4 Å². The molecule has 0 aliphatic heterocycles. The van der Waals surface area contributed by atoms with Gasteiger partial charge in [0.2, 0.25) is 5.88 Å². The molecule has 0 bridgehead atoms. The maximum atomic E-state index is 13.0. The molecule has 0 saturated heterocycles. The summed E-state index contributed by atoms with van der Waals surface area (Å²) in [6.07, 6.45) is 1.84. The molecule has 0 aliphatic rings. The fourth-order valence-corrected chi connectivity index (χ4v) is 4.89. The van der Waals surface area contributed by atoms with Gasteiger partial charge in [0.25, 0.3) is 11.5 Å². The number of hydrogen-bond donors (Lipinski definition) is 3. The van der Waals surface area contributed by atoms with Crippen molar-refractivity contribution in [1.29, 1.82) is 0 Å². The number of nitrogens with zero attached hydrogens (tertiary/aromatic N) is 3. The summed E-state index contributed by atoms with van der Waals surface area (Å²) in [7, 11) is 4.30. The number of ether oxygens (including phenoxy) is 1. The summed E-state index contributed by atoms with van der Waals surface area (Å²) in [6.45, 7) is 1.31. The third kappa shape index (κ3) is 6.36. The number of pyridine rings is 1. The van der Waals surface area contributed by atoms with Crippen LogP contribution in [0.15, 0.2) is 64.3 Å². The second kappa shape index (κ2) is 13.1. The first-order valence-electron chi connectivity index (χ1n) is 12.7. The highest BCUT2D eigenvalue weighted by atomic mass is 35.5. The van der Waals surface area contributed by atoms with E-state index in [0.29, 0.717) is 52.8 Å². The highest BCUT2D eigenvalue weighted by Crippen LogP contribution is 2.41. The number of carbonyl (C=O) groups excluding carboxylic acids is 1. The monoisotopic (exact) mass is 597 g/mol. The average molecular weight is 598 g/mol. The van der Waals surface area contributed by atoms with E-state index < -0.39 is 17.2 Å². The van der Waals surface area contributed by atoms with Crippen molar-refractivity contribution in [3.8, 4) is 28.3 Å². The number of halogens is 2. The van der Waals surface area contributed by atoms with E-state index in [4.69, 9.17) is 33.0 Å². The van der Waals surface area contributed by atoms with E-state index in [-0.39, 0.29) is 22.9 Å². The van der Waals surface area contributed by atoms with E-state index >= 15 is 0 Å². The highest BCUT2D eigenvalue weighted by molar-refractivity contribution is 6.39. The zero-order valence-electron chi connectivity index (χ0n) is 22.7. The normalized spacial score (nSPS) is 11.0. The van der Waals surface area contributed by atoms with Crippen LogP contribution in [0.4, 0.5) is 5.69 Å². The Kier molecular flexibility index (Phi) is 9.61. The number of amides is 1. The SMILES string of the molecule is COc1nc(-c2cccc(-c3cccc(NC(=O)c4cn(C)c(=O)n(C)c4=O)c3Cl)c2Cl)ccc1CNCCCO. The number of benzene rings is 2. The molecule has 41 heavy (non-hydrogen) atoms. The zero-order valence-corrected chi connectivity index (χ0v) is 24.2. The Morgan fingerprint density at radius 3 is 2.39 bits per heavy atom. The number of anilines is 1. The van der Waals surface area contributed by atoms with Crippen molar-refractivity contribution in [2.75, 3.05) is 25.6 Å². The van der Waals surface area contributed by atoms with E-state index in [0.717, 1.165) is 14.7 Å². The fraction of sp³-hybridized carbons (Fsp3) is 0.241. The summed E-state index contributed by atoms with van der Waals surface area (Å²) in [6, 6.07) is 14.3. The largest absolute Gasteiger partial charge is 0.481 e. The van der Waals surface area contributed by atoms with Gasteiger partial charge in [0.05, 0.1) is 28.5 Å². The summed E-state index contributed by atoms with van der Waals surface area (Å²) in [5.74, 6) is -0.255. The standard InChI is InChI=1S/C29H29Cl2N5O5/c1-35-16-21(28(39)36(2)29(35)40)26(38)33-23-10-5-8-19(25(23)31)18-7-4-9-20(24(18)30)22-12-11-17(27(34-22)41-3)15-32-13-6-14-37/h4-5,7-12,16,32,37H,6,13-15H2,1-3H3,(H,33,38). The Hall–Kier alpha value is -3.96. The summed E-state index contributed by atoms with van der Waals surface area (Å²) in [5.41, 5.74) is 2.08. The van der Waals surface area contributed by atoms with Gasteiger partial charge >= 0.3 is 5.69 Å². The maximum Gasteiger partial charge on any atom is 0.330 e. The second-order valence-corrected chi connectivity index (χ2v) is 9.96. The van der Waals surface area contributed by atoms with Crippen LogP contribution >= 0.6 is 23.2 Å². The third-order valence-electron chi connectivity index (χ3n) is 6.46. The molecular weight excluding hydrogens is 569 g/mol. The number of aromatic nitrogens is 3. The van der Waals surface area contributed by atoms with Crippen molar-refractivity contribution in [2.45, 2.75) is 13.0 Å². The number of nitrogens with one attached hydrogen (secondary N) is 2. The summed E-state index contributed by atoms with van der Waals surface area (Å²) in [5, 5.41) is 15.5. The molecule has 2 heterocycles. The highest BCUT2D eigenvalue weighted by Gasteiger charge is 2.19. The number of hydrogen-bond acceptors (Lipinski definition) is 7. The molecule has 0 atom stereocenters. The molecule has 10 nitrogen and oxygen atoms in total. The number of aryl methyl sites for hydroxylation is 1. The Morgan fingerprint density at radius 2 is 1.68 bits per heavy atom. The van der Waals surface area contributed by atoms with Gasteiger partial charge in [0.15, 0.2) is 0 Å². The van der Waals surface area contributed by atoms with Crippen molar-refractivity contribution < 1.29 is 14.6 Å². The lowest BCUT2D eigenvalue weighted by atomic mass is 10.00. The van der Waals surface area contributed by atoms with Crippen LogP contribution in [-0.2, 0) is 20.6 Å². The molecule has 4 rings (SSSR count). The molecule has 4 aromatic rings. The summed E-state index contributed by atoms with van der Waals surface area (Å²) >= 11 is 13.6. The molecular formula is C29H29Cl2N5O5. The minimum Gasteiger partial charge on any atom is -0.481 e. The average Bonchev–Trinajstić information content (AvgIpc) is 2.97. The van der Waals surface area contributed by atoms with Gasteiger partial charge in [-0.05, 0) is 25.1 Å². The van der Waals surface area contributed by atoms with Crippen LogP contribution in [0.3, 0.4) is 0 Å². The van der Waals surface area contributed by atoms with Crippen molar-refractivity contribution in [3.05, 3.63) is 96.7 Å². The topological polar surface area (TPSA) is 127 Å². The van der Waals surface area contributed by atoms with Gasteiger partial charge in [0.1, 0.15) is 5.56 Å². The molecule has 2 aromatic carbocycles. The van der Waals surface area contributed by atoms with Crippen LogP contribution < -0.4 is 26.6 Å². The molecule has 1 amide bonds. The lowest BCUT2D eigenvalue weighted by Gasteiger charge is -2.15. The fourth-order valence-electron chi connectivity index (χ4n) is 4.29. The van der Waals surface area contributed by atoms with Crippen LogP contribution in [0.5, 0.6) is 5.88 Å². The van der Waals surface area contributed by atoms with E-state index in [2.05, 4.69) is 15.6 Å². The molecule has 0 aliphatic carbocycles. The van der Waals surface area contributed by atoms with E-state index in [1.807, 2.05) is 24.3 Å². The van der Waals surface area contributed by atoms with Crippen LogP contribution in [0, 0.1) is 0 Å². The molecule has 2 aromatic heterocycles. The van der Waals surface area contributed by atoms with Crippen LogP contribution in [0.25, 0.3) is 22.4 Å². The number of aliphatic hydroxyl groups is 1. The molecule has 214 valence electrons. The van der Waals surface area contributed by atoms with Gasteiger partial charge in [-0.15, -0.1) is 0 Å². The molecule has 0 radical (unpaired) electrons. The van der Waals surface area contributed by atoms with Gasteiger partial charge < -0.3 is 25.0 Å². The Balaban J connectivity index is 1.66. The number of rotatable bonds is 10. The Labute approximate surface area is 246 Å². The molecule has 0 saturated carbocycles. The second-order valence-electron chi connectivity index (χ2n) is 9.21. The smallest absolute Gasteiger partial charge is 0.330 e. The number of methoxy groups -OCH3 is 1. The van der Waals surface area contributed by atoms with E-state index in [1.54, 1.807) is 31.4 Å². The minimum absolute atomic E-state index is 0.116. The maximum absolute atomic E-state index is 13.0. The first-order valence-corrected chi connectivity index (χ1v) is 13.4. The lowest BCUT2D eigenvalue weighted by molar-refractivity contribution is 0.102. The predicted octanol–water partition coefficient (Wildman–Crippen LogP) is 3.85. The molecule has 0 fully saturated rings. The van der Waals surface area contributed by atoms with Crippen LogP contribution in [0.2, 0.25) is 10.0 Å². The Bertz CT molecular complexity index is 1720. The van der Waals surface area contributed by atoms with Crippen LogP contribution in [-0.4, -0.2) is 45.4 Å². The third-order valence-corrected chi connectivity index (χ3v) is 7.28. The molecule has 0 unspecified atom stereocenters. The summed E-state index contributed by atoms with van der Waals surface area (Å²) < 4.78 is 7.53. The molecule has 0 spiro atoms. The Morgan fingerprint density at radius 1 is 1.00 bits per heavy atom. The predicted molar refractivity (Wildman–Crippen MR) is 160 cm³/mol. The first-order chi connectivity index (χ1) is 19.7. The number of carbonyl (C=O) groups is 1. The van der Waals surface area contributed by atoms with Crippen LogP contribution in [0.1, 0.15) is 22.3 Å². The number of aliphatic hydroxyl groups excluding tert-OH is 1. The van der Waals surface area contributed by atoms with Gasteiger partial charge in [0, 0.05) is 55.7 Å². The zero-order chi connectivity index (χ0) is 29.7. The minimum atomic E-state index is -0.719. The van der Waals surface area contributed by atoms with E-state index in [1.165, 1.54) is 20.3 Å². The van der Waals surface area contributed by atoms with Gasteiger partial charge in [-0.1, -0.05) is 59.6 Å². The van der Waals surface area contributed by atoms with E-state index in [9.17, 15) is 14.4 Å². The van der Waals surface area contributed by atoms with Crippen molar-refractivity contribution >= 4 is 34.8 Å².